The molecule has 29 heavy (non-hydrogen) atoms. The molecule has 1 aliphatic rings. The number of carbonyl (C=O) groups excluding carboxylic acids is 2. The molecule has 0 saturated carbocycles. The first-order valence-corrected chi connectivity index (χ1v) is 9.44. The molecule has 0 spiro atoms. The fourth-order valence-corrected chi connectivity index (χ4v) is 3.41. The van der Waals surface area contributed by atoms with Crippen LogP contribution in [0.2, 0.25) is 0 Å². The highest BCUT2D eigenvalue weighted by Gasteiger charge is 2.20. The number of anilines is 1. The molecule has 0 bridgehead atoms. The number of carbonyl (C=O) groups is 2. The molecule has 3 aromatic rings. The fourth-order valence-electron chi connectivity index (χ4n) is 3.41. The van der Waals surface area contributed by atoms with Crippen molar-refractivity contribution in [2.24, 2.45) is 0 Å². The number of fused-ring (bicyclic) bond motifs is 1. The molecule has 6 nitrogen and oxygen atoms in total. The van der Waals surface area contributed by atoms with E-state index in [0.717, 1.165) is 25.3 Å². The van der Waals surface area contributed by atoms with Crippen LogP contribution in [0, 0.1) is 5.82 Å². The van der Waals surface area contributed by atoms with E-state index in [0.29, 0.717) is 5.69 Å². The Balaban J connectivity index is 1.40. The van der Waals surface area contributed by atoms with Crippen molar-refractivity contribution in [3.8, 4) is 0 Å². The van der Waals surface area contributed by atoms with Crippen LogP contribution in [-0.2, 0) is 12.8 Å². The SMILES string of the molecule is C[C@H](NC(=O)c1cccc(F)c1)c1nc(C(=O)Nc2ccc3c(c2)CCC3)co1. The van der Waals surface area contributed by atoms with Crippen molar-refractivity contribution in [2.45, 2.75) is 32.2 Å². The third-order valence-electron chi connectivity index (χ3n) is 4.92. The smallest absolute Gasteiger partial charge is 0.277 e. The zero-order chi connectivity index (χ0) is 20.4. The number of hydrogen-bond acceptors (Lipinski definition) is 4. The molecule has 1 heterocycles. The van der Waals surface area contributed by atoms with Crippen molar-refractivity contribution in [3.63, 3.8) is 0 Å². The molecule has 0 fully saturated rings. The Bertz CT molecular complexity index is 1080. The minimum atomic E-state index is -0.590. The van der Waals surface area contributed by atoms with E-state index in [1.807, 2.05) is 18.2 Å². The number of hydrogen-bond donors (Lipinski definition) is 2. The van der Waals surface area contributed by atoms with Gasteiger partial charge in [0.15, 0.2) is 5.69 Å². The van der Waals surface area contributed by atoms with Gasteiger partial charge in [-0.1, -0.05) is 12.1 Å². The molecular weight excluding hydrogens is 373 g/mol. The van der Waals surface area contributed by atoms with Crippen molar-refractivity contribution in [1.82, 2.24) is 10.3 Å². The lowest BCUT2D eigenvalue weighted by Gasteiger charge is -2.10. The number of benzene rings is 2. The lowest BCUT2D eigenvalue weighted by atomic mass is 10.1. The summed E-state index contributed by atoms with van der Waals surface area (Å²) in [6, 6.07) is 10.7. The summed E-state index contributed by atoms with van der Waals surface area (Å²) in [5.41, 5.74) is 3.62. The Labute approximate surface area is 167 Å². The normalized spacial score (nSPS) is 13.6. The van der Waals surface area contributed by atoms with Gasteiger partial charge in [0.05, 0.1) is 0 Å². The second-order valence-corrected chi connectivity index (χ2v) is 7.07. The van der Waals surface area contributed by atoms with Crippen LogP contribution in [-0.4, -0.2) is 16.8 Å². The van der Waals surface area contributed by atoms with Gasteiger partial charge in [0.1, 0.15) is 18.1 Å². The predicted octanol–water partition coefficient (Wildman–Crippen LogP) is 4.05. The fraction of sp³-hybridized carbons (Fsp3) is 0.227. The van der Waals surface area contributed by atoms with E-state index in [-0.39, 0.29) is 23.1 Å². The first-order chi connectivity index (χ1) is 14.0. The quantitative estimate of drug-likeness (QED) is 0.685. The van der Waals surface area contributed by atoms with Gasteiger partial charge in [-0.3, -0.25) is 9.59 Å². The van der Waals surface area contributed by atoms with Crippen LogP contribution in [0.25, 0.3) is 0 Å². The van der Waals surface area contributed by atoms with E-state index >= 15 is 0 Å². The van der Waals surface area contributed by atoms with E-state index in [2.05, 4.69) is 15.6 Å². The summed E-state index contributed by atoms with van der Waals surface area (Å²) >= 11 is 0. The summed E-state index contributed by atoms with van der Waals surface area (Å²) in [6.07, 6.45) is 4.49. The van der Waals surface area contributed by atoms with Crippen LogP contribution in [0.15, 0.2) is 53.1 Å². The molecule has 0 aliphatic heterocycles. The third kappa shape index (κ3) is 4.18. The van der Waals surface area contributed by atoms with Gasteiger partial charge >= 0.3 is 0 Å². The third-order valence-corrected chi connectivity index (χ3v) is 4.92. The molecular formula is C22H20FN3O3. The summed E-state index contributed by atoms with van der Waals surface area (Å²) in [5.74, 6) is -1.15. The molecule has 0 saturated heterocycles. The maximum absolute atomic E-state index is 13.3. The molecule has 1 aromatic heterocycles. The predicted molar refractivity (Wildman–Crippen MR) is 105 cm³/mol. The van der Waals surface area contributed by atoms with Crippen molar-refractivity contribution in [2.75, 3.05) is 5.32 Å². The van der Waals surface area contributed by atoms with Crippen LogP contribution >= 0.6 is 0 Å². The van der Waals surface area contributed by atoms with Crippen molar-refractivity contribution >= 4 is 17.5 Å². The lowest BCUT2D eigenvalue weighted by molar-refractivity contribution is 0.0933. The number of amides is 2. The number of rotatable bonds is 5. The molecule has 2 amide bonds. The first kappa shape index (κ1) is 18.9. The van der Waals surface area contributed by atoms with Gasteiger partial charge in [-0.15, -0.1) is 0 Å². The van der Waals surface area contributed by atoms with Crippen molar-refractivity contribution < 1.29 is 18.4 Å². The highest BCUT2D eigenvalue weighted by atomic mass is 19.1. The Morgan fingerprint density at radius 3 is 2.76 bits per heavy atom. The van der Waals surface area contributed by atoms with Crippen LogP contribution in [0.1, 0.15) is 57.3 Å². The number of aromatic nitrogens is 1. The van der Waals surface area contributed by atoms with Gasteiger partial charge in [-0.25, -0.2) is 9.37 Å². The van der Waals surface area contributed by atoms with Crippen LogP contribution in [0.4, 0.5) is 10.1 Å². The lowest BCUT2D eigenvalue weighted by Crippen LogP contribution is -2.27. The molecule has 0 unspecified atom stereocenters. The zero-order valence-electron chi connectivity index (χ0n) is 15.9. The number of oxazole rings is 1. The van der Waals surface area contributed by atoms with Crippen LogP contribution in [0.5, 0.6) is 0 Å². The average molecular weight is 393 g/mol. The summed E-state index contributed by atoms with van der Waals surface area (Å²) in [5, 5.41) is 5.50. The van der Waals surface area contributed by atoms with Crippen molar-refractivity contribution in [1.29, 1.82) is 0 Å². The van der Waals surface area contributed by atoms with E-state index in [4.69, 9.17) is 4.42 Å². The zero-order valence-corrected chi connectivity index (χ0v) is 15.9. The summed E-state index contributed by atoms with van der Waals surface area (Å²) in [7, 11) is 0. The highest BCUT2D eigenvalue weighted by molar-refractivity contribution is 6.02. The van der Waals surface area contributed by atoms with Gasteiger partial charge in [-0.2, -0.15) is 0 Å². The molecule has 4 rings (SSSR count). The Hall–Kier alpha value is -3.48. The number of halogens is 1. The average Bonchev–Trinajstić information content (AvgIpc) is 3.37. The number of nitrogens with one attached hydrogen (secondary N) is 2. The van der Waals surface area contributed by atoms with Crippen LogP contribution < -0.4 is 10.6 Å². The van der Waals surface area contributed by atoms with Gasteiger partial charge in [0.2, 0.25) is 5.89 Å². The molecule has 7 heteroatoms. The van der Waals surface area contributed by atoms with Crippen molar-refractivity contribution in [3.05, 3.63) is 82.8 Å². The van der Waals surface area contributed by atoms with Crippen LogP contribution in [0.3, 0.4) is 0 Å². The summed E-state index contributed by atoms with van der Waals surface area (Å²) < 4.78 is 18.6. The second-order valence-electron chi connectivity index (χ2n) is 7.07. The number of aryl methyl sites for hydroxylation is 2. The van der Waals surface area contributed by atoms with Gasteiger partial charge in [-0.05, 0) is 67.6 Å². The van der Waals surface area contributed by atoms with E-state index in [9.17, 15) is 14.0 Å². The topological polar surface area (TPSA) is 84.2 Å². The van der Waals surface area contributed by atoms with Gasteiger partial charge in [0, 0.05) is 11.3 Å². The monoisotopic (exact) mass is 393 g/mol. The molecule has 2 N–H and O–H groups in total. The highest BCUT2D eigenvalue weighted by Crippen LogP contribution is 2.25. The molecule has 1 aliphatic carbocycles. The maximum Gasteiger partial charge on any atom is 0.277 e. The second kappa shape index (κ2) is 7.87. The molecule has 0 radical (unpaired) electrons. The van der Waals surface area contributed by atoms with E-state index in [1.54, 1.807) is 6.92 Å². The maximum atomic E-state index is 13.3. The number of nitrogens with zero attached hydrogens (tertiary/aromatic N) is 1. The largest absolute Gasteiger partial charge is 0.446 e. The summed E-state index contributed by atoms with van der Waals surface area (Å²) in [4.78, 5) is 28.9. The summed E-state index contributed by atoms with van der Waals surface area (Å²) in [6.45, 7) is 1.67. The van der Waals surface area contributed by atoms with E-state index in [1.165, 1.54) is 35.6 Å². The minimum absolute atomic E-state index is 0.118. The van der Waals surface area contributed by atoms with E-state index < -0.39 is 17.8 Å². The first-order valence-electron chi connectivity index (χ1n) is 9.44. The van der Waals surface area contributed by atoms with Gasteiger partial charge < -0.3 is 15.1 Å². The molecule has 148 valence electrons. The van der Waals surface area contributed by atoms with Gasteiger partial charge in [0.25, 0.3) is 11.8 Å². The molecule has 2 aromatic carbocycles. The Morgan fingerprint density at radius 2 is 1.93 bits per heavy atom. The standard InChI is InChI=1S/C22H20FN3O3/c1-13(24-20(27)16-6-3-7-17(23)10-16)22-26-19(12-29-22)21(28)25-18-9-8-14-4-2-5-15(14)11-18/h3,6-13H,2,4-5H2,1H3,(H,24,27)(H,25,28)/t13-/m0/s1. The Morgan fingerprint density at radius 1 is 1.10 bits per heavy atom. The molecule has 1 atom stereocenters. The Kier molecular flexibility index (Phi) is 5.12. The minimum Gasteiger partial charge on any atom is -0.446 e.